The number of hydrogen-bond acceptors (Lipinski definition) is 7. The Kier molecular flexibility index (Phi) is 5.03. The molecule has 0 aromatic carbocycles. The third-order valence-electron chi connectivity index (χ3n) is 2.73. The van der Waals surface area contributed by atoms with Gasteiger partial charge in [-0.15, -0.1) is 0 Å². The lowest BCUT2D eigenvalue weighted by atomic mass is 10.3. The molecule has 0 unspecified atom stereocenters. The molecule has 0 bridgehead atoms. The van der Waals surface area contributed by atoms with Gasteiger partial charge in [0.25, 0.3) is 0 Å². The van der Waals surface area contributed by atoms with Crippen LogP contribution in [0.1, 0.15) is 12.2 Å². The first kappa shape index (κ1) is 13.4. The Balaban J connectivity index is 2.21. The highest BCUT2D eigenvalue weighted by Crippen LogP contribution is 2.19. The summed E-state index contributed by atoms with van der Waals surface area (Å²) in [6.45, 7) is 2.43. The normalized spacial score (nSPS) is 16.4. The third kappa shape index (κ3) is 3.47. The minimum absolute atomic E-state index is 0.394. The average Bonchev–Trinajstić information content (AvgIpc) is 2.67. The Labute approximate surface area is 111 Å². The predicted octanol–water partition coefficient (Wildman–Crippen LogP) is 0.852. The molecule has 1 aliphatic heterocycles. The Morgan fingerprint density at radius 1 is 1.44 bits per heavy atom. The Morgan fingerprint density at radius 3 is 3.11 bits per heavy atom. The van der Waals surface area contributed by atoms with E-state index in [-0.39, 0.29) is 0 Å². The lowest BCUT2D eigenvalue weighted by Gasteiger charge is -2.22. The monoisotopic (exact) mass is 269 g/mol. The van der Waals surface area contributed by atoms with Crippen molar-refractivity contribution in [2.75, 3.05) is 42.0 Å². The van der Waals surface area contributed by atoms with E-state index >= 15 is 0 Å². The molecule has 0 spiro atoms. The van der Waals surface area contributed by atoms with E-state index in [9.17, 15) is 0 Å². The van der Waals surface area contributed by atoms with E-state index in [0.29, 0.717) is 18.2 Å². The summed E-state index contributed by atoms with van der Waals surface area (Å²) in [5.74, 6) is 10.00. The molecule has 2 heterocycles. The fraction of sp³-hybridized carbons (Fsp3) is 0.636. The van der Waals surface area contributed by atoms with E-state index in [4.69, 9.17) is 10.6 Å². The third-order valence-corrected chi connectivity index (χ3v) is 3.78. The van der Waals surface area contributed by atoms with Crippen molar-refractivity contribution in [3.05, 3.63) is 11.9 Å². The van der Waals surface area contributed by atoms with Crippen molar-refractivity contribution < 1.29 is 4.74 Å². The highest BCUT2D eigenvalue weighted by Gasteiger charge is 2.13. The topological polar surface area (TPSA) is 76.3 Å². The number of nitrogens with two attached hydrogens (primary N) is 1. The van der Waals surface area contributed by atoms with Crippen LogP contribution < -0.4 is 16.2 Å². The van der Waals surface area contributed by atoms with Gasteiger partial charge >= 0.3 is 0 Å². The molecule has 6 nitrogen and oxygen atoms in total. The predicted molar refractivity (Wildman–Crippen MR) is 74.7 cm³/mol. The van der Waals surface area contributed by atoms with Crippen LogP contribution in [0.3, 0.4) is 0 Å². The van der Waals surface area contributed by atoms with Crippen LogP contribution in [0.25, 0.3) is 0 Å². The second-order valence-corrected chi connectivity index (χ2v) is 5.28. The first-order chi connectivity index (χ1) is 8.83. The maximum Gasteiger partial charge on any atom is 0.158 e. The minimum atomic E-state index is 0.394. The fourth-order valence-corrected chi connectivity index (χ4v) is 2.77. The zero-order valence-electron chi connectivity index (χ0n) is 10.6. The van der Waals surface area contributed by atoms with Crippen LogP contribution in [-0.4, -0.2) is 41.7 Å². The van der Waals surface area contributed by atoms with Gasteiger partial charge in [0.05, 0.1) is 0 Å². The van der Waals surface area contributed by atoms with Crippen LogP contribution in [0.15, 0.2) is 6.07 Å². The van der Waals surface area contributed by atoms with Crippen LogP contribution in [0.5, 0.6) is 0 Å². The maximum atomic E-state index is 5.44. The van der Waals surface area contributed by atoms with E-state index in [2.05, 4.69) is 20.3 Å². The molecular formula is C11H19N5OS. The van der Waals surface area contributed by atoms with Gasteiger partial charge in [-0.25, -0.2) is 15.8 Å². The lowest BCUT2D eigenvalue weighted by Crippen LogP contribution is -2.27. The summed E-state index contributed by atoms with van der Waals surface area (Å²) in [5, 5.41) is 0. The Bertz CT molecular complexity index is 382. The summed E-state index contributed by atoms with van der Waals surface area (Å²) in [4.78, 5) is 11.1. The first-order valence-corrected chi connectivity index (χ1v) is 7.15. The zero-order valence-corrected chi connectivity index (χ0v) is 11.4. The molecule has 0 saturated carbocycles. The van der Waals surface area contributed by atoms with Crippen molar-refractivity contribution in [1.82, 2.24) is 9.97 Å². The molecule has 100 valence electrons. The lowest BCUT2D eigenvalue weighted by molar-refractivity contribution is 0.178. The SMILES string of the molecule is COCc1nc(NN)cc(N2CCCSCC2)n1. The first-order valence-electron chi connectivity index (χ1n) is 5.99. The summed E-state index contributed by atoms with van der Waals surface area (Å²) in [6, 6.07) is 1.88. The molecule has 7 heteroatoms. The molecule has 0 amide bonds. The molecule has 1 aromatic heterocycles. The summed E-state index contributed by atoms with van der Waals surface area (Å²) in [6.07, 6.45) is 1.18. The van der Waals surface area contributed by atoms with Crippen LogP contribution in [0.2, 0.25) is 0 Å². The highest BCUT2D eigenvalue weighted by molar-refractivity contribution is 7.99. The molecule has 0 radical (unpaired) electrons. The number of thioether (sulfide) groups is 1. The molecule has 1 fully saturated rings. The van der Waals surface area contributed by atoms with Gasteiger partial charge in [0, 0.05) is 32.0 Å². The highest BCUT2D eigenvalue weighted by atomic mass is 32.2. The minimum Gasteiger partial charge on any atom is -0.377 e. The molecule has 1 aromatic rings. The van der Waals surface area contributed by atoms with Gasteiger partial charge < -0.3 is 15.1 Å². The maximum absolute atomic E-state index is 5.44. The van der Waals surface area contributed by atoms with Crippen molar-refractivity contribution in [2.24, 2.45) is 5.84 Å². The van der Waals surface area contributed by atoms with Crippen LogP contribution in [0, 0.1) is 0 Å². The fourth-order valence-electron chi connectivity index (χ4n) is 1.89. The van der Waals surface area contributed by atoms with E-state index < -0.39 is 0 Å². The quantitative estimate of drug-likeness (QED) is 0.620. The number of nitrogen functional groups attached to an aromatic ring is 1. The summed E-state index contributed by atoms with van der Waals surface area (Å²) < 4.78 is 5.08. The van der Waals surface area contributed by atoms with Gasteiger partial charge in [0.2, 0.25) is 0 Å². The summed E-state index contributed by atoms with van der Waals surface area (Å²) >= 11 is 1.99. The largest absolute Gasteiger partial charge is 0.377 e. The number of hydrazine groups is 1. The number of hydrogen-bond donors (Lipinski definition) is 2. The Hall–Kier alpha value is -1.05. The van der Waals surface area contributed by atoms with Gasteiger partial charge in [-0.2, -0.15) is 11.8 Å². The van der Waals surface area contributed by atoms with Crippen molar-refractivity contribution in [1.29, 1.82) is 0 Å². The molecule has 1 saturated heterocycles. The molecule has 2 rings (SSSR count). The molecule has 18 heavy (non-hydrogen) atoms. The molecule has 1 aliphatic rings. The van der Waals surface area contributed by atoms with Gasteiger partial charge in [0.1, 0.15) is 18.2 Å². The van der Waals surface area contributed by atoms with Crippen LogP contribution >= 0.6 is 11.8 Å². The average molecular weight is 269 g/mol. The number of rotatable bonds is 4. The van der Waals surface area contributed by atoms with Crippen LogP contribution in [0.4, 0.5) is 11.6 Å². The van der Waals surface area contributed by atoms with Gasteiger partial charge in [-0.1, -0.05) is 0 Å². The van der Waals surface area contributed by atoms with Gasteiger partial charge in [-0.3, -0.25) is 0 Å². The van der Waals surface area contributed by atoms with E-state index in [1.807, 2.05) is 17.8 Å². The van der Waals surface area contributed by atoms with Crippen molar-refractivity contribution in [2.45, 2.75) is 13.0 Å². The zero-order chi connectivity index (χ0) is 12.8. The number of nitrogens with one attached hydrogen (secondary N) is 1. The van der Waals surface area contributed by atoms with Crippen molar-refractivity contribution >= 4 is 23.4 Å². The Morgan fingerprint density at radius 2 is 2.33 bits per heavy atom. The summed E-state index contributed by atoms with van der Waals surface area (Å²) in [7, 11) is 1.63. The molecular weight excluding hydrogens is 250 g/mol. The van der Waals surface area contributed by atoms with Gasteiger partial charge in [0.15, 0.2) is 5.82 Å². The van der Waals surface area contributed by atoms with Crippen LogP contribution in [-0.2, 0) is 11.3 Å². The number of nitrogens with zero attached hydrogens (tertiary/aromatic N) is 3. The second kappa shape index (κ2) is 6.77. The number of ether oxygens (including phenoxy) is 1. The number of methoxy groups -OCH3 is 1. The van der Waals surface area contributed by atoms with E-state index in [0.717, 1.165) is 24.7 Å². The van der Waals surface area contributed by atoms with E-state index in [1.54, 1.807) is 7.11 Å². The molecule has 0 aliphatic carbocycles. The second-order valence-electron chi connectivity index (χ2n) is 4.06. The van der Waals surface area contributed by atoms with Crippen molar-refractivity contribution in [3.63, 3.8) is 0 Å². The van der Waals surface area contributed by atoms with Gasteiger partial charge in [-0.05, 0) is 12.2 Å². The standard InChI is InChI=1S/C11H19N5OS/c1-17-8-10-13-9(15-12)7-11(14-10)16-3-2-5-18-6-4-16/h7H,2-6,8,12H2,1H3,(H,13,14,15). The smallest absolute Gasteiger partial charge is 0.158 e. The number of anilines is 2. The molecule has 0 atom stereocenters. The summed E-state index contributed by atoms with van der Waals surface area (Å²) in [5.41, 5.74) is 2.58. The van der Waals surface area contributed by atoms with E-state index in [1.165, 1.54) is 12.2 Å². The number of aromatic nitrogens is 2. The van der Waals surface area contributed by atoms with Crippen molar-refractivity contribution in [3.8, 4) is 0 Å². The molecule has 3 N–H and O–H groups in total.